The Labute approximate surface area is 175 Å². The quantitative estimate of drug-likeness (QED) is 0.708. The SMILES string of the molecule is CC(=O)N1c2ccc(S(=O)(=O)N(Cc3c(F)cccc3Cl)C3CC3)cc2C[C@H]1C. The van der Waals surface area contributed by atoms with Crippen molar-refractivity contribution in [2.45, 2.75) is 56.6 Å². The second-order valence-electron chi connectivity index (χ2n) is 7.71. The Morgan fingerprint density at radius 3 is 2.62 bits per heavy atom. The molecule has 0 saturated heterocycles. The molecule has 0 bridgehead atoms. The molecule has 1 aliphatic carbocycles. The highest BCUT2D eigenvalue weighted by molar-refractivity contribution is 7.89. The summed E-state index contributed by atoms with van der Waals surface area (Å²) < 4.78 is 42.5. The smallest absolute Gasteiger partial charge is 0.243 e. The molecule has 1 fully saturated rings. The highest BCUT2D eigenvalue weighted by atomic mass is 35.5. The number of benzene rings is 2. The fraction of sp³-hybridized carbons (Fsp3) is 0.381. The number of nitrogens with zero attached hydrogens (tertiary/aromatic N) is 2. The van der Waals surface area contributed by atoms with Crippen LogP contribution in [0.3, 0.4) is 0 Å². The van der Waals surface area contributed by atoms with Crippen LogP contribution in [0.25, 0.3) is 0 Å². The second-order valence-corrected chi connectivity index (χ2v) is 10.0. The third kappa shape index (κ3) is 3.67. The Bertz CT molecular complexity index is 1070. The first-order valence-electron chi connectivity index (χ1n) is 9.57. The van der Waals surface area contributed by atoms with E-state index >= 15 is 0 Å². The van der Waals surface area contributed by atoms with Gasteiger partial charge in [-0.2, -0.15) is 4.31 Å². The van der Waals surface area contributed by atoms with Crippen LogP contribution >= 0.6 is 11.6 Å². The van der Waals surface area contributed by atoms with Crippen LogP contribution in [0, 0.1) is 5.82 Å². The molecule has 0 N–H and O–H groups in total. The van der Waals surface area contributed by atoms with Gasteiger partial charge in [0.25, 0.3) is 0 Å². The molecule has 0 unspecified atom stereocenters. The molecule has 0 spiro atoms. The Kier molecular flexibility index (Phi) is 5.17. The van der Waals surface area contributed by atoms with Crippen molar-refractivity contribution in [1.82, 2.24) is 4.31 Å². The summed E-state index contributed by atoms with van der Waals surface area (Å²) in [5.74, 6) is -0.584. The van der Waals surface area contributed by atoms with Gasteiger partial charge < -0.3 is 4.90 Å². The molecule has 4 rings (SSSR count). The molecule has 1 amide bonds. The van der Waals surface area contributed by atoms with Crippen LogP contribution < -0.4 is 4.90 Å². The van der Waals surface area contributed by atoms with Gasteiger partial charge in [-0.1, -0.05) is 17.7 Å². The zero-order valence-electron chi connectivity index (χ0n) is 16.2. The molecule has 5 nitrogen and oxygen atoms in total. The fourth-order valence-electron chi connectivity index (χ4n) is 4.00. The molecule has 0 aromatic heterocycles. The summed E-state index contributed by atoms with van der Waals surface area (Å²) in [5, 5.41) is 0.214. The Morgan fingerprint density at radius 2 is 2.00 bits per heavy atom. The van der Waals surface area contributed by atoms with Crippen LogP contribution in [0.1, 0.15) is 37.8 Å². The summed E-state index contributed by atoms with van der Waals surface area (Å²) in [5.41, 5.74) is 1.76. The Hall–Kier alpha value is -1.96. The standard InChI is InChI=1S/C21H22ClFN2O3S/c1-13-10-15-11-17(8-9-21(15)25(13)14(2)26)29(27,28)24(16-6-7-16)12-18-19(22)4-3-5-20(18)23/h3-5,8-9,11,13,16H,6-7,10,12H2,1-2H3/t13-/m1/s1. The number of carbonyl (C=O) groups excluding carboxylic acids is 1. The van der Waals surface area contributed by atoms with Crippen molar-refractivity contribution in [3.05, 3.63) is 58.4 Å². The van der Waals surface area contributed by atoms with Crippen molar-refractivity contribution < 1.29 is 17.6 Å². The molecule has 154 valence electrons. The second kappa shape index (κ2) is 7.38. The minimum Gasteiger partial charge on any atom is -0.309 e. The largest absolute Gasteiger partial charge is 0.309 e. The number of hydrogen-bond donors (Lipinski definition) is 0. The van der Waals surface area contributed by atoms with Crippen molar-refractivity contribution in [1.29, 1.82) is 0 Å². The average Bonchev–Trinajstić information content (AvgIpc) is 3.41. The lowest BCUT2D eigenvalue weighted by Gasteiger charge is -2.24. The maximum Gasteiger partial charge on any atom is 0.243 e. The van der Waals surface area contributed by atoms with Crippen LogP contribution in [0.4, 0.5) is 10.1 Å². The number of carbonyl (C=O) groups is 1. The van der Waals surface area contributed by atoms with Crippen LogP contribution in [0.5, 0.6) is 0 Å². The van der Waals surface area contributed by atoms with E-state index in [1.54, 1.807) is 23.1 Å². The van der Waals surface area contributed by atoms with Crippen molar-refractivity contribution >= 4 is 33.2 Å². The zero-order chi connectivity index (χ0) is 20.9. The summed E-state index contributed by atoms with van der Waals surface area (Å²) in [7, 11) is -3.84. The molecule has 2 aromatic rings. The van der Waals surface area contributed by atoms with Gasteiger partial charge in [-0.3, -0.25) is 4.79 Å². The predicted octanol–water partition coefficient (Wildman–Crippen LogP) is 4.13. The normalized spacial score (nSPS) is 18.9. The zero-order valence-corrected chi connectivity index (χ0v) is 17.8. The minimum absolute atomic E-state index is 0.0165. The lowest BCUT2D eigenvalue weighted by atomic mass is 10.1. The summed E-state index contributed by atoms with van der Waals surface area (Å²) in [4.78, 5) is 13.8. The van der Waals surface area contributed by atoms with Crippen LogP contribution in [0.15, 0.2) is 41.3 Å². The molecular formula is C21H22ClFN2O3S. The monoisotopic (exact) mass is 436 g/mol. The van der Waals surface area contributed by atoms with E-state index in [0.29, 0.717) is 6.42 Å². The average molecular weight is 437 g/mol. The summed E-state index contributed by atoms with van der Waals surface area (Å²) in [6.45, 7) is 3.33. The third-order valence-electron chi connectivity index (χ3n) is 5.54. The highest BCUT2D eigenvalue weighted by Gasteiger charge is 2.39. The molecule has 1 saturated carbocycles. The van der Waals surface area contributed by atoms with Gasteiger partial charge in [-0.15, -0.1) is 0 Å². The minimum atomic E-state index is -3.84. The molecule has 1 aliphatic heterocycles. The number of halogens is 2. The summed E-state index contributed by atoms with van der Waals surface area (Å²) in [6, 6.07) is 9.03. The van der Waals surface area contributed by atoms with E-state index in [1.807, 2.05) is 6.92 Å². The molecule has 1 heterocycles. The van der Waals surface area contributed by atoms with E-state index in [2.05, 4.69) is 0 Å². The Balaban J connectivity index is 1.70. The molecule has 2 aromatic carbocycles. The molecule has 29 heavy (non-hydrogen) atoms. The molecule has 0 radical (unpaired) electrons. The molecule has 2 aliphatic rings. The van der Waals surface area contributed by atoms with Gasteiger partial charge in [0.1, 0.15) is 5.82 Å². The van der Waals surface area contributed by atoms with Crippen LogP contribution in [-0.2, 0) is 27.8 Å². The number of anilines is 1. The first-order valence-corrected chi connectivity index (χ1v) is 11.4. The summed E-state index contributed by atoms with van der Waals surface area (Å²) in [6.07, 6.45) is 2.08. The lowest BCUT2D eigenvalue weighted by molar-refractivity contribution is -0.116. The van der Waals surface area contributed by atoms with E-state index in [0.717, 1.165) is 24.1 Å². The maximum absolute atomic E-state index is 14.3. The number of fused-ring (bicyclic) bond motifs is 1. The lowest BCUT2D eigenvalue weighted by Crippen LogP contribution is -2.33. The Morgan fingerprint density at radius 1 is 1.28 bits per heavy atom. The number of rotatable bonds is 5. The van der Waals surface area contributed by atoms with E-state index < -0.39 is 15.8 Å². The number of amides is 1. The fourth-order valence-corrected chi connectivity index (χ4v) is 5.92. The maximum atomic E-state index is 14.3. The first kappa shape index (κ1) is 20.3. The first-order chi connectivity index (χ1) is 13.7. The van der Waals surface area contributed by atoms with Crippen molar-refractivity contribution in [2.75, 3.05) is 4.90 Å². The van der Waals surface area contributed by atoms with Gasteiger partial charge in [0.15, 0.2) is 0 Å². The third-order valence-corrected chi connectivity index (χ3v) is 7.79. The van der Waals surface area contributed by atoms with Gasteiger partial charge in [-0.05, 0) is 62.1 Å². The van der Waals surface area contributed by atoms with Gasteiger partial charge >= 0.3 is 0 Å². The number of hydrogen-bond acceptors (Lipinski definition) is 3. The van der Waals surface area contributed by atoms with E-state index in [9.17, 15) is 17.6 Å². The molecule has 8 heteroatoms. The van der Waals surface area contributed by atoms with E-state index in [-0.39, 0.29) is 40.0 Å². The molecule has 1 atom stereocenters. The number of sulfonamides is 1. The van der Waals surface area contributed by atoms with Crippen molar-refractivity contribution in [2.24, 2.45) is 0 Å². The van der Waals surface area contributed by atoms with Crippen LogP contribution in [0.2, 0.25) is 5.02 Å². The van der Waals surface area contributed by atoms with Gasteiger partial charge in [0.2, 0.25) is 15.9 Å². The van der Waals surface area contributed by atoms with Crippen LogP contribution in [-0.4, -0.2) is 30.7 Å². The summed E-state index contributed by atoms with van der Waals surface area (Å²) >= 11 is 6.13. The highest BCUT2D eigenvalue weighted by Crippen LogP contribution is 2.38. The van der Waals surface area contributed by atoms with Gasteiger partial charge in [-0.25, -0.2) is 12.8 Å². The van der Waals surface area contributed by atoms with E-state index in [1.165, 1.54) is 29.4 Å². The van der Waals surface area contributed by atoms with Crippen molar-refractivity contribution in [3.63, 3.8) is 0 Å². The molecular weight excluding hydrogens is 415 g/mol. The topological polar surface area (TPSA) is 57.7 Å². The van der Waals surface area contributed by atoms with Gasteiger partial charge in [0.05, 0.1) is 4.90 Å². The van der Waals surface area contributed by atoms with Gasteiger partial charge in [0, 0.05) is 41.8 Å². The van der Waals surface area contributed by atoms with Crippen molar-refractivity contribution in [3.8, 4) is 0 Å². The predicted molar refractivity (Wildman–Crippen MR) is 110 cm³/mol. The van der Waals surface area contributed by atoms with E-state index in [4.69, 9.17) is 11.6 Å².